The van der Waals surface area contributed by atoms with Gasteiger partial charge in [-0.2, -0.15) is 0 Å². The minimum absolute atomic E-state index is 0.0227. The van der Waals surface area contributed by atoms with Gasteiger partial charge in [0.15, 0.2) is 0 Å². The van der Waals surface area contributed by atoms with Crippen LogP contribution in [0.4, 0.5) is 0 Å². The second-order valence-corrected chi connectivity index (χ2v) is 21.3. The van der Waals surface area contributed by atoms with Gasteiger partial charge in [0.2, 0.25) is 0 Å². The molecule has 0 N–H and O–H groups in total. The molecular formula is C4H8Cl3O2Te. The third-order valence-electron chi connectivity index (χ3n) is 1.18. The van der Waals surface area contributed by atoms with Gasteiger partial charge in [0.1, 0.15) is 0 Å². The first-order valence-corrected chi connectivity index (χ1v) is 13.6. The van der Waals surface area contributed by atoms with E-state index in [4.69, 9.17) is 33.1 Å². The summed E-state index contributed by atoms with van der Waals surface area (Å²) in [6, 6.07) is 0. The molecule has 63 valence electrons. The molecule has 0 aliphatic carbocycles. The molecule has 0 spiro atoms. The Balaban J connectivity index is 2.58. The Morgan fingerprint density at radius 3 is 2.30 bits per heavy atom. The maximum atomic E-state index is 5.68. The van der Waals surface area contributed by atoms with Gasteiger partial charge >= 0.3 is 73.4 Å². The summed E-state index contributed by atoms with van der Waals surface area (Å²) in [5.74, 6) is 0. The van der Waals surface area contributed by atoms with Crippen LogP contribution in [0.2, 0.25) is 0 Å². The van der Waals surface area contributed by atoms with Gasteiger partial charge in [0.25, 0.3) is 0 Å². The van der Waals surface area contributed by atoms with Crippen LogP contribution in [0.25, 0.3) is 0 Å². The number of halogens is 3. The first kappa shape index (κ1) is 9.67. The SMILES string of the molecule is CCC1CO[Te](Cl)(Cl)(Cl)O1. The van der Waals surface area contributed by atoms with Crippen molar-refractivity contribution in [3.63, 3.8) is 0 Å². The van der Waals surface area contributed by atoms with Crippen LogP contribution in [0.3, 0.4) is 0 Å². The van der Waals surface area contributed by atoms with Crippen molar-refractivity contribution in [1.29, 1.82) is 0 Å². The van der Waals surface area contributed by atoms with Crippen molar-refractivity contribution in [3.05, 3.63) is 0 Å². The van der Waals surface area contributed by atoms with E-state index < -0.39 is 14.3 Å². The fourth-order valence-corrected chi connectivity index (χ4v) is 6.67. The Morgan fingerprint density at radius 2 is 2.10 bits per heavy atom. The number of rotatable bonds is 1. The summed E-state index contributed by atoms with van der Waals surface area (Å²) in [4.78, 5) is 0. The summed E-state index contributed by atoms with van der Waals surface area (Å²) < 4.78 is 10.2. The van der Waals surface area contributed by atoms with Crippen LogP contribution in [0.15, 0.2) is 0 Å². The number of hydrogen-bond acceptors (Lipinski definition) is 2. The molecule has 1 rings (SSSR count). The van der Waals surface area contributed by atoms with E-state index in [2.05, 4.69) is 0 Å². The van der Waals surface area contributed by atoms with E-state index in [0.29, 0.717) is 6.61 Å². The molecule has 0 aromatic heterocycles. The van der Waals surface area contributed by atoms with Crippen LogP contribution in [0.1, 0.15) is 13.3 Å². The molecule has 0 aromatic rings. The average Bonchev–Trinajstić information content (AvgIpc) is 2.05. The van der Waals surface area contributed by atoms with Crippen molar-refractivity contribution in [3.8, 4) is 0 Å². The first-order chi connectivity index (χ1) is 4.41. The van der Waals surface area contributed by atoms with E-state index >= 15 is 0 Å². The zero-order valence-electron chi connectivity index (χ0n) is 5.35. The predicted molar refractivity (Wildman–Crippen MR) is 44.4 cm³/mol. The normalized spacial score (nSPS) is 40.4. The Kier molecular flexibility index (Phi) is 2.72. The Morgan fingerprint density at radius 1 is 1.50 bits per heavy atom. The molecule has 1 unspecified atom stereocenters. The van der Waals surface area contributed by atoms with Gasteiger partial charge < -0.3 is 0 Å². The van der Waals surface area contributed by atoms with E-state index in [1.165, 1.54) is 0 Å². The molecule has 6 heteroatoms. The molecule has 0 saturated carbocycles. The van der Waals surface area contributed by atoms with E-state index in [9.17, 15) is 0 Å². The Labute approximate surface area is 73.0 Å². The first-order valence-electron chi connectivity index (χ1n) is 2.84. The molecule has 1 atom stereocenters. The van der Waals surface area contributed by atoms with Crippen molar-refractivity contribution in [1.82, 2.24) is 0 Å². The zero-order valence-corrected chi connectivity index (χ0v) is 9.95. The quantitative estimate of drug-likeness (QED) is 0.691. The molecule has 1 radical (unpaired) electrons. The van der Waals surface area contributed by atoms with Crippen molar-refractivity contribution in [2.45, 2.75) is 19.4 Å². The molecule has 1 fully saturated rings. The third-order valence-corrected chi connectivity index (χ3v) is 7.48. The Hall–Kier alpha value is 1.58. The molecule has 1 aliphatic heterocycles. The van der Waals surface area contributed by atoms with Crippen molar-refractivity contribution >= 4 is 41.2 Å². The van der Waals surface area contributed by atoms with Crippen molar-refractivity contribution in [2.75, 3.05) is 6.61 Å². The standard InChI is InChI=1S/C4H8Cl3O2Te/c1-2-4-3-8-10(5,6,7)9-4/h4H,2-3H2,1H3. The van der Waals surface area contributed by atoms with Crippen molar-refractivity contribution in [2.24, 2.45) is 0 Å². The van der Waals surface area contributed by atoms with Gasteiger partial charge in [-0.05, 0) is 0 Å². The summed E-state index contributed by atoms with van der Waals surface area (Å²) in [5.41, 5.74) is 0. The van der Waals surface area contributed by atoms with Gasteiger partial charge in [0, 0.05) is 0 Å². The molecule has 0 bridgehead atoms. The Bertz CT molecular complexity index is 143. The summed E-state index contributed by atoms with van der Waals surface area (Å²) >= 11 is -4.31. The molecule has 0 amide bonds. The number of hydrogen-bond donors (Lipinski definition) is 0. The van der Waals surface area contributed by atoms with Crippen molar-refractivity contribution < 1.29 is 6.20 Å². The van der Waals surface area contributed by atoms with Gasteiger partial charge in [0.05, 0.1) is 0 Å². The van der Waals surface area contributed by atoms with Gasteiger partial charge in [-0.15, -0.1) is 0 Å². The molecule has 1 aliphatic rings. The molecule has 0 aromatic carbocycles. The van der Waals surface area contributed by atoms with E-state index in [-0.39, 0.29) is 6.10 Å². The van der Waals surface area contributed by atoms with Crippen LogP contribution in [0.5, 0.6) is 0 Å². The molecule has 2 nitrogen and oxygen atoms in total. The maximum absolute atomic E-state index is 5.68. The van der Waals surface area contributed by atoms with Crippen LogP contribution in [-0.4, -0.2) is 27.0 Å². The second kappa shape index (κ2) is 2.81. The topological polar surface area (TPSA) is 18.5 Å². The molecule has 1 saturated heterocycles. The van der Waals surface area contributed by atoms with Crippen LogP contribution < -0.4 is 0 Å². The van der Waals surface area contributed by atoms with E-state index in [0.717, 1.165) is 6.42 Å². The average molecular weight is 322 g/mol. The predicted octanol–water partition coefficient (Wildman–Crippen LogP) is 2.41. The summed E-state index contributed by atoms with van der Waals surface area (Å²) in [5, 5.41) is 0. The summed E-state index contributed by atoms with van der Waals surface area (Å²) in [6.45, 7) is 2.39. The monoisotopic (exact) mass is 323 g/mol. The minimum atomic E-state index is -4.31. The summed E-state index contributed by atoms with van der Waals surface area (Å²) in [7, 11) is 17.0. The van der Waals surface area contributed by atoms with Gasteiger partial charge in [-0.25, -0.2) is 0 Å². The van der Waals surface area contributed by atoms with Gasteiger partial charge in [-0.3, -0.25) is 0 Å². The van der Waals surface area contributed by atoms with Gasteiger partial charge in [-0.1, -0.05) is 0 Å². The second-order valence-electron chi connectivity index (χ2n) is 2.03. The van der Waals surface area contributed by atoms with E-state index in [1.807, 2.05) is 6.92 Å². The zero-order chi connectivity index (χ0) is 7.85. The van der Waals surface area contributed by atoms with Crippen LogP contribution in [0, 0.1) is 0 Å². The molecular weight excluding hydrogens is 314 g/mol. The molecule has 1 heterocycles. The fraction of sp³-hybridized carbons (Fsp3) is 1.00. The fourth-order valence-electron chi connectivity index (χ4n) is 0.632. The molecule has 10 heavy (non-hydrogen) atoms. The van der Waals surface area contributed by atoms with E-state index in [1.54, 1.807) is 0 Å². The van der Waals surface area contributed by atoms with Crippen LogP contribution in [-0.2, 0) is 6.20 Å². The third kappa shape index (κ3) is 2.57. The van der Waals surface area contributed by atoms with Crippen LogP contribution >= 0.6 is 26.9 Å². The summed E-state index contributed by atoms with van der Waals surface area (Å²) in [6.07, 6.45) is 0.803.